The average molecular weight is 274 g/mol. The topological polar surface area (TPSA) is 55.5 Å². The summed E-state index contributed by atoms with van der Waals surface area (Å²) in [6.45, 7) is 1.13. The number of nitrogens with two attached hydrogens (primary N) is 1. The van der Waals surface area contributed by atoms with Gasteiger partial charge in [-0.15, -0.1) is 0 Å². The number of aliphatic hydroxyl groups is 1. The van der Waals surface area contributed by atoms with E-state index in [0.29, 0.717) is 19.6 Å². The molecule has 3 nitrogen and oxygen atoms in total. The largest absolute Gasteiger partial charge is 0.396 e. The fraction of sp³-hybridized carbons (Fsp3) is 0.455. The summed E-state index contributed by atoms with van der Waals surface area (Å²) >= 11 is 3.41. The normalized spacial score (nSPS) is 12.7. The van der Waals surface area contributed by atoms with Crippen LogP contribution in [0.2, 0.25) is 0 Å². The van der Waals surface area contributed by atoms with Crippen molar-refractivity contribution >= 4 is 15.9 Å². The van der Waals surface area contributed by atoms with Crippen LogP contribution in [0.3, 0.4) is 0 Å². The van der Waals surface area contributed by atoms with Gasteiger partial charge in [0, 0.05) is 24.2 Å². The van der Waals surface area contributed by atoms with Gasteiger partial charge in [-0.05, 0) is 24.1 Å². The van der Waals surface area contributed by atoms with Gasteiger partial charge in [-0.3, -0.25) is 0 Å². The first kappa shape index (κ1) is 12.6. The summed E-state index contributed by atoms with van der Waals surface area (Å²) in [6, 6.07) is 7.90. The molecule has 0 radical (unpaired) electrons. The third-order valence-corrected chi connectivity index (χ3v) is 2.55. The van der Waals surface area contributed by atoms with Crippen LogP contribution < -0.4 is 5.73 Å². The predicted octanol–water partition coefficient (Wildman–Crippen LogP) is 1.85. The molecule has 1 rings (SSSR count). The Hall–Kier alpha value is -0.420. The molecular formula is C11H16BrNO2. The molecule has 15 heavy (non-hydrogen) atoms. The number of ether oxygens (including phenoxy) is 1. The number of rotatable bonds is 6. The molecular weight excluding hydrogens is 258 g/mol. The molecule has 84 valence electrons. The van der Waals surface area contributed by atoms with Crippen molar-refractivity contribution in [2.45, 2.75) is 12.5 Å². The van der Waals surface area contributed by atoms with Gasteiger partial charge in [-0.2, -0.15) is 0 Å². The van der Waals surface area contributed by atoms with Crippen LogP contribution >= 0.6 is 15.9 Å². The van der Waals surface area contributed by atoms with E-state index in [1.807, 2.05) is 24.3 Å². The van der Waals surface area contributed by atoms with Gasteiger partial charge in [0.1, 0.15) is 0 Å². The zero-order valence-corrected chi connectivity index (χ0v) is 10.1. The molecule has 0 saturated heterocycles. The van der Waals surface area contributed by atoms with Gasteiger partial charge in [0.2, 0.25) is 0 Å². The quantitative estimate of drug-likeness (QED) is 0.778. The SMILES string of the molecule is NCC(OCCCO)c1cccc(Br)c1. The van der Waals surface area contributed by atoms with Crippen LogP contribution in [0.25, 0.3) is 0 Å². The van der Waals surface area contributed by atoms with Crippen LogP contribution in [0.1, 0.15) is 18.1 Å². The molecule has 0 aliphatic rings. The molecule has 1 aromatic rings. The highest BCUT2D eigenvalue weighted by Crippen LogP contribution is 2.20. The minimum Gasteiger partial charge on any atom is -0.396 e. The molecule has 1 atom stereocenters. The molecule has 0 bridgehead atoms. The predicted molar refractivity (Wildman–Crippen MR) is 63.6 cm³/mol. The number of aliphatic hydroxyl groups excluding tert-OH is 1. The summed E-state index contributed by atoms with van der Waals surface area (Å²) in [6.07, 6.45) is 0.555. The highest BCUT2D eigenvalue weighted by atomic mass is 79.9. The molecule has 0 amide bonds. The van der Waals surface area contributed by atoms with E-state index in [2.05, 4.69) is 15.9 Å². The van der Waals surface area contributed by atoms with Crippen LogP contribution in [0, 0.1) is 0 Å². The maximum atomic E-state index is 8.65. The van der Waals surface area contributed by atoms with Crippen LogP contribution in [0.4, 0.5) is 0 Å². The lowest BCUT2D eigenvalue weighted by Crippen LogP contribution is -2.16. The Labute approximate surface area is 98.4 Å². The highest BCUT2D eigenvalue weighted by molar-refractivity contribution is 9.10. The van der Waals surface area contributed by atoms with Gasteiger partial charge >= 0.3 is 0 Å². The third kappa shape index (κ3) is 4.30. The van der Waals surface area contributed by atoms with Crippen molar-refractivity contribution < 1.29 is 9.84 Å². The lowest BCUT2D eigenvalue weighted by molar-refractivity contribution is 0.0488. The van der Waals surface area contributed by atoms with Crippen LogP contribution in [0.5, 0.6) is 0 Å². The van der Waals surface area contributed by atoms with Gasteiger partial charge in [0.15, 0.2) is 0 Å². The van der Waals surface area contributed by atoms with Crippen LogP contribution in [-0.4, -0.2) is 24.9 Å². The molecule has 0 heterocycles. The van der Waals surface area contributed by atoms with Gasteiger partial charge < -0.3 is 15.6 Å². The monoisotopic (exact) mass is 273 g/mol. The summed E-state index contributed by atoms with van der Waals surface area (Å²) in [5.41, 5.74) is 6.69. The van der Waals surface area contributed by atoms with E-state index in [9.17, 15) is 0 Å². The van der Waals surface area contributed by atoms with Gasteiger partial charge in [-0.25, -0.2) is 0 Å². The first-order chi connectivity index (χ1) is 7.27. The minimum atomic E-state index is -0.0888. The summed E-state index contributed by atoms with van der Waals surface area (Å²) in [5, 5.41) is 8.65. The third-order valence-electron chi connectivity index (χ3n) is 2.06. The fourth-order valence-electron chi connectivity index (χ4n) is 1.30. The fourth-order valence-corrected chi connectivity index (χ4v) is 1.71. The molecule has 0 aliphatic carbocycles. The van der Waals surface area contributed by atoms with Crippen LogP contribution in [-0.2, 0) is 4.74 Å². The van der Waals surface area contributed by atoms with Crippen molar-refractivity contribution in [3.63, 3.8) is 0 Å². The second-order valence-corrected chi connectivity index (χ2v) is 4.14. The Balaban J connectivity index is 2.57. The van der Waals surface area contributed by atoms with Gasteiger partial charge in [0.05, 0.1) is 6.10 Å². The number of halogens is 1. The minimum absolute atomic E-state index is 0.0888. The van der Waals surface area contributed by atoms with E-state index in [1.54, 1.807) is 0 Å². The Morgan fingerprint density at radius 2 is 2.27 bits per heavy atom. The Bertz CT molecular complexity index is 294. The van der Waals surface area contributed by atoms with Gasteiger partial charge in [-0.1, -0.05) is 28.1 Å². The van der Waals surface area contributed by atoms with E-state index >= 15 is 0 Å². The molecule has 4 heteroatoms. The number of benzene rings is 1. The van der Waals surface area contributed by atoms with Crippen molar-refractivity contribution in [2.24, 2.45) is 5.73 Å². The molecule has 1 aromatic carbocycles. The molecule has 0 saturated carbocycles. The zero-order chi connectivity index (χ0) is 11.1. The number of hydrogen-bond donors (Lipinski definition) is 2. The summed E-state index contributed by atoms with van der Waals surface area (Å²) in [4.78, 5) is 0. The second kappa shape index (κ2) is 6.95. The molecule has 0 aromatic heterocycles. The average Bonchev–Trinajstić information content (AvgIpc) is 2.24. The Morgan fingerprint density at radius 3 is 2.87 bits per heavy atom. The van der Waals surface area contributed by atoms with Crippen molar-refractivity contribution in [3.8, 4) is 0 Å². The van der Waals surface area contributed by atoms with E-state index in [4.69, 9.17) is 15.6 Å². The van der Waals surface area contributed by atoms with E-state index in [0.717, 1.165) is 10.0 Å². The van der Waals surface area contributed by atoms with Crippen molar-refractivity contribution in [1.82, 2.24) is 0 Å². The van der Waals surface area contributed by atoms with Crippen molar-refractivity contribution in [1.29, 1.82) is 0 Å². The lowest BCUT2D eigenvalue weighted by Gasteiger charge is -2.16. The number of hydrogen-bond acceptors (Lipinski definition) is 3. The van der Waals surface area contributed by atoms with Crippen molar-refractivity contribution in [3.05, 3.63) is 34.3 Å². The summed E-state index contributed by atoms with van der Waals surface area (Å²) in [5.74, 6) is 0. The second-order valence-electron chi connectivity index (χ2n) is 3.23. The van der Waals surface area contributed by atoms with E-state index < -0.39 is 0 Å². The maximum Gasteiger partial charge on any atom is 0.0947 e. The smallest absolute Gasteiger partial charge is 0.0947 e. The van der Waals surface area contributed by atoms with Crippen LogP contribution in [0.15, 0.2) is 28.7 Å². The molecule has 1 unspecified atom stereocenters. The Morgan fingerprint density at radius 1 is 1.47 bits per heavy atom. The first-order valence-corrected chi connectivity index (χ1v) is 5.75. The molecule has 0 aliphatic heterocycles. The zero-order valence-electron chi connectivity index (χ0n) is 8.53. The molecule has 0 fully saturated rings. The van der Waals surface area contributed by atoms with Gasteiger partial charge in [0.25, 0.3) is 0 Å². The van der Waals surface area contributed by atoms with E-state index in [-0.39, 0.29) is 12.7 Å². The van der Waals surface area contributed by atoms with E-state index in [1.165, 1.54) is 0 Å². The Kier molecular flexibility index (Phi) is 5.86. The molecule has 3 N–H and O–H groups in total. The first-order valence-electron chi connectivity index (χ1n) is 4.96. The van der Waals surface area contributed by atoms with Crippen molar-refractivity contribution in [2.75, 3.05) is 19.8 Å². The maximum absolute atomic E-state index is 8.65. The lowest BCUT2D eigenvalue weighted by atomic mass is 10.1. The highest BCUT2D eigenvalue weighted by Gasteiger charge is 2.09. The summed E-state index contributed by atoms with van der Waals surface area (Å²) < 4.78 is 6.58. The molecule has 0 spiro atoms. The summed E-state index contributed by atoms with van der Waals surface area (Å²) in [7, 11) is 0. The standard InChI is InChI=1S/C11H16BrNO2/c12-10-4-1-3-9(7-10)11(8-13)15-6-2-5-14/h1,3-4,7,11,14H,2,5-6,8,13H2.